The fraction of sp³-hybridized carbons (Fsp3) is 0.429. The fourth-order valence-corrected chi connectivity index (χ4v) is 3.84. The minimum Gasteiger partial charge on any atom is -0.388 e. The topological polar surface area (TPSA) is 57.2 Å². The normalized spacial score (nSPS) is 28.2. The van der Waals surface area contributed by atoms with E-state index in [-0.39, 0.29) is 6.10 Å². The number of benzene rings is 2. The summed E-state index contributed by atoms with van der Waals surface area (Å²) < 4.78 is 24.3. The van der Waals surface area contributed by atoms with Crippen molar-refractivity contribution in [1.29, 1.82) is 0 Å². The highest BCUT2D eigenvalue weighted by atomic mass is 127. The van der Waals surface area contributed by atoms with Crippen LogP contribution in [0, 0.1) is 0 Å². The SMILES string of the molecule is CO[C@H]1O[C@H](CI)[C@@H](O)[C@H](OCc2ccccc2)[C@H]1OCc1ccccc1. The minimum atomic E-state index is -0.794. The van der Waals surface area contributed by atoms with Gasteiger partial charge in [0.2, 0.25) is 0 Å². The molecule has 27 heavy (non-hydrogen) atoms. The summed E-state index contributed by atoms with van der Waals surface area (Å²) in [5.74, 6) is 0. The zero-order chi connectivity index (χ0) is 19.1. The maximum absolute atomic E-state index is 10.8. The maximum Gasteiger partial charge on any atom is 0.186 e. The first-order chi connectivity index (χ1) is 13.2. The Labute approximate surface area is 173 Å². The molecule has 1 aliphatic rings. The molecule has 1 N–H and O–H groups in total. The van der Waals surface area contributed by atoms with Gasteiger partial charge < -0.3 is 24.1 Å². The van der Waals surface area contributed by atoms with Gasteiger partial charge in [0, 0.05) is 11.5 Å². The average molecular weight is 484 g/mol. The van der Waals surface area contributed by atoms with E-state index < -0.39 is 24.6 Å². The van der Waals surface area contributed by atoms with E-state index in [2.05, 4.69) is 22.6 Å². The van der Waals surface area contributed by atoms with Crippen LogP contribution in [0.3, 0.4) is 0 Å². The van der Waals surface area contributed by atoms with Gasteiger partial charge in [-0.15, -0.1) is 0 Å². The van der Waals surface area contributed by atoms with Gasteiger partial charge in [0.05, 0.1) is 19.3 Å². The number of methoxy groups -OCH3 is 1. The highest BCUT2D eigenvalue weighted by Gasteiger charge is 2.46. The average Bonchev–Trinajstić information content (AvgIpc) is 2.73. The van der Waals surface area contributed by atoms with Crippen LogP contribution in [0.25, 0.3) is 0 Å². The lowest BCUT2D eigenvalue weighted by Gasteiger charge is -2.43. The van der Waals surface area contributed by atoms with Crippen LogP contribution in [0.4, 0.5) is 0 Å². The number of ether oxygens (including phenoxy) is 4. The summed E-state index contributed by atoms with van der Waals surface area (Å²) in [6.45, 7) is 0.777. The van der Waals surface area contributed by atoms with Gasteiger partial charge in [0.15, 0.2) is 6.29 Å². The first kappa shape index (κ1) is 20.7. The Morgan fingerprint density at radius 1 is 0.889 bits per heavy atom. The lowest BCUT2D eigenvalue weighted by atomic mass is 9.99. The third-order valence-electron chi connectivity index (χ3n) is 4.57. The van der Waals surface area contributed by atoms with E-state index in [0.29, 0.717) is 17.6 Å². The molecule has 6 heteroatoms. The second-order valence-electron chi connectivity index (χ2n) is 6.45. The molecule has 1 heterocycles. The van der Waals surface area contributed by atoms with Crippen molar-refractivity contribution in [3.63, 3.8) is 0 Å². The van der Waals surface area contributed by atoms with E-state index in [4.69, 9.17) is 18.9 Å². The number of aliphatic hydroxyl groups is 1. The molecule has 5 nitrogen and oxygen atoms in total. The van der Waals surface area contributed by atoms with Gasteiger partial charge in [-0.25, -0.2) is 0 Å². The third kappa shape index (κ3) is 5.49. The predicted octanol–water partition coefficient (Wildman–Crippen LogP) is 3.32. The number of aliphatic hydroxyl groups excluding tert-OH is 1. The van der Waals surface area contributed by atoms with Crippen molar-refractivity contribution in [2.75, 3.05) is 11.5 Å². The lowest BCUT2D eigenvalue weighted by molar-refractivity contribution is -0.305. The second-order valence-corrected chi connectivity index (χ2v) is 7.33. The lowest BCUT2D eigenvalue weighted by Crippen LogP contribution is -2.60. The van der Waals surface area contributed by atoms with Crippen molar-refractivity contribution >= 4 is 22.6 Å². The molecule has 0 aliphatic carbocycles. The van der Waals surface area contributed by atoms with Crippen LogP contribution in [0.15, 0.2) is 60.7 Å². The number of hydrogen-bond acceptors (Lipinski definition) is 5. The largest absolute Gasteiger partial charge is 0.388 e. The molecule has 5 atom stereocenters. The van der Waals surface area contributed by atoms with Gasteiger partial charge in [-0.3, -0.25) is 0 Å². The number of alkyl halides is 1. The van der Waals surface area contributed by atoms with E-state index in [9.17, 15) is 5.11 Å². The molecule has 0 spiro atoms. The van der Waals surface area contributed by atoms with Crippen LogP contribution < -0.4 is 0 Å². The monoisotopic (exact) mass is 484 g/mol. The third-order valence-corrected chi connectivity index (χ3v) is 5.44. The molecule has 0 unspecified atom stereocenters. The quantitative estimate of drug-likeness (QED) is 0.461. The van der Waals surface area contributed by atoms with Crippen LogP contribution >= 0.6 is 22.6 Å². The van der Waals surface area contributed by atoms with Crippen molar-refractivity contribution in [2.45, 2.75) is 43.9 Å². The van der Waals surface area contributed by atoms with E-state index >= 15 is 0 Å². The van der Waals surface area contributed by atoms with Gasteiger partial charge in [-0.05, 0) is 11.1 Å². The van der Waals surface area contributed by atoms with E-state index in [1.54, 1.807) is 7.11 Å². The minimum absolute atomic E-state index is 0.368. The van der Waals surface area contributed by atoms with Gasteiger partial charge >= 0.3 is 0 Å². The van der Waals surface area contributed by atoms with Gasteiger partial charge in [0.1, 0.15) is 18.3 Å². The fourth-order valence-electron chi connectivity index (χ4n) is 3.11. The molecule has 3 rings (SSSR count). The molecule has 2 aromatic rings. The second kappa shape index (κ2) is 10.5. The summed E-state index contributed by atoms with van der Waals surface area (Å²) in [6, 6.07) is 19.8. The smallest absolute Gasteiger partial charge is 0.186 e. The Hall–Kier alpha value is -1.03. The Kier molecular flexibility index (Phi) is 8.05. The van der Waals surface area contributed by atoms with Crippen LogP contribution in [0.2, 0.25) is 0 Å². The van der Waals surface area contributed by atoms with Crippen LogP contribution in [0.1, 0.15) is 11.1 Å². The summed E-state index contributed by atoms with van der Waals surface area (Å²) in [7, 11) is 1.58. The molecule has 2 aromatic carbocycles. The van der Waals surface area contributed by atoms with Crippen molar-refractivity contribution in [3.8, 4) is 0 Å². The maximum atomic E-state index is 10.8. The highest BCUT2D eigenvalue weighted by molar-refractivity contribution is 14.1. The summed E-state index contributed by atoms with van der Waals surface area (Å²) in [5.41, 5.74) is 2.08. The summed E-state index contributed by atoms with van der Waals surface area (Å²) in [5, 5.41) is 10.8. The van der Waals surface area contributed by atoms with Crippen molar-refractivity contribution in [3.05, 3.63) is 71.8 Å². The summed E-state index contributed by atoms with van der Waals surface area (Å²) in [6.07, 6.45) is -2.84. The Balaban J connectivity index is 1.73. The van der Waals surface area contributed by atoms with Crippen molar-refractivity contribution in [1.82, 2.24) is 0 Å². The molecule has 0 amide bonds. The van der Waals surface area contributed by atoms with Gasteiger partial charge in [-0.1, -0.05) is 83.3 Å². The summed E-state index contributed by atoms with van der Waals surface area (Å²) in [4.78, 5) is 0. The summed E-state index contributed by atoms with van der Waals surface area (Å²) >= 11 is 2.20. The number of rotatable bonds is 8. The molecule has 1 saturated heterocycles. The van der Waals surface area contributed by atoms with Crippen LogP contribution in [0.5, 0.6) is 0 Å². The van der Waals surface area contributed by atoms with E-state index in [0.717, 1.165) is 11.1 Å². The first-order valence-electron chi connectivity index (χ1n) is 8.96. The molecular weight excluding hydrogens is 459 g/mol. The zero-order valence-electron chi connectivity index (χ0n) is 15.2. The Morgan fingerprint density at radius 2 is 1.41 bits per heavy atom. The molecule has 0 bridgehead atoms. The predicted molar refractivity (Wildman–Crippen MR) is 111 cm³/mol. The molecule has 1 aliphatic heterocycles. The van der Waals surface area contributed by atoms with Crippen molar-refractivity contribution in [2.24, 2.45) is 0 Å². The van der Waals surface area contributed by atoms with Gasteiger partial charge in [0.25, 0.3) is 0 Å². The first-order valence-corrected chi connectivity index (χ1v) is 10.5. The molecule has 146 valence electrons. The van der Waals surface area contributed by atoms with Crippen LogP contribution in [-0.4, -0.2) is 47.3 Å². The molecular formula is C21H25IO5. The van der Waals surface area contributed by atoms with E-state index in [1.807, 2.05) is 60.7 Å². The van der Waals surface area contributed by atoms with E-state index in [1.165, 1.54) is 0 Å². The van der Waals surface area contributed by atoms with Gasteiger partial charge in [-0.2, -0.15) is 0 Å². The molecule has 0 radical (unpaired) electrons. The van der Waals surface area contributed by atoms with Crippen molar-refractivity contribution < 1.29 is 24.1 Å². The van der Waals surface area contributed by atoms with Crippen LogP contribution in [-0.2, 0) is 32.2 Å². The molecule has 1 fully saturated rings. The molecule has 0 saturated carbocycles. The highest BCUT2D eigenvalue weighted by Crippen LogP contribution is 2.29. The standard InChI is InChI=1S/C21H25IO5/c1-24-21-20(26-14-16-10-6-3-7-11-16)19(18(23)17(12-22)27-21)25-13-15-8-4-2-5-9-15/h2-11,17-21,23H,12-14H2,1H3/t17-,18-,19+,20-,21+/m1/s1. The zero-order valence-corrected chi connectivity index (χ0v) is 17.4. The number of halogens is 1. The Bertz CT molecular complexity index is 669. The molecule has 0 aromatic heterocycles. The number of hydrogen-bond donors (Lipinski definition) is 1. The Morgan fingerprint density at radius 3 is 1.89 bits per heavy atom.